The van der Waals surface area contributed by atoms with Crippen LogP contribution < -0.4 is 4.90 Å². The third kappa shape index (κ3) is 2.60. The number of carboxylic acids is 1. The number of aromatic nitrogens is 1. The average molecular weight is 276 g/mol. The lowest BCUT2D eigenvalue weighted by Crippen LogP contribution is -2.38. The number of hydrogen-bond donors (Lipinski definition) is 1. The highest BCUT2D eigenvalue weighted by Crippen LogP contribution is 2.27. The molecule has 0 aliphatic carbocycles. The second-order valence-corrected chi connectivity index (χ2v) is 4.86. The van der Waals surface area contributed by atoms with Gasteiger partial charge in [0.05, 0.1) is 17.8 Å². The summed E-state index contributed by atoms with van der Waals surface area (Å²) in [6.07, 6.45) is 5.05. The largest absolute Gasteiger partial charge is 0.480 e. The number of carbonyl (C=O) groups is 1. The van der Waals surface area contributed by atoms with E-state index in [1.54, 1.807) is 12.5 Å². The summed E-state index contributed by atoms with van der Waals surface area (Å²) in [5.74, 6) is 0.00481. The van der Waals surface area contributed by atoms with E-state index in [9.17, 15) is 4.79 Å². The van der Waals surface area contributed by atoms with Crippen LogP contribution in [0.5, 0.6) is 0 Å². The molecular weight excluding hydrogens is 260 g/mol. The van der Waals surface area contributed by atoms with Crippen LogP contribution in [0.15, 0.2) is 29.0 Å². The normalized spacial score (nSPS) is 16.7. The van der Waals surface area contributed by atoms with Crippen molar-refractivity contribution in [3.05, 3.63) is 24.6 Å². The van der Waals surface area contributed by atoms with E-state index in [2.05, 4.69) is 9.88 Å². The molecule has 2 aromatic rings. The molecule has 0 atom stereocenters. The van der Waals surface area contributed by atoms with Gasteiger partial charge in [-0.3, -0.25) is 0 Å². The minimum atomic E-state index is -0.919. The fraction of sp³-hybridized carbons (Fsp3) is 0.429. The van der Waals surface area contributed by atoms with Gasteiger partial charge < -0.3 is 19.2 Å². The highest BCUT2D eigenvalue weighted by atomic mass is 16.5. The van der Waals surface area contributed by atoms with Crippen LogP contribution in [0.2, 0.25) is 0 Å². The molecule has 0 amide bonds. The number of furan rings is 1. The first kappa shape index (κ1) is 12.9. The van der Waals surface area contributed by atoms with Crippen molar-refractivity contribution >= 4 is 22.8 Å². The lowest BCUT2D eigenvalue weighted by atomic mass is 10.1. The van der Waals surface area contributed by atoms with Crippen LogP contribution in [-0.2, 0) is 9.53 Å². The molecule has 6 nitrogen and oxygen atoms in total. The standard InChI is InChI=1S/C14H16N2O4/c17-13(18)9-20-10-2-6-16(7-3-10)14-11-4-8-19-12(11)1-5-15-14/h1,4-5,8,10H,2-3,6-7,9H2,(H,17,18). The van der Waals surface area contributed by atoms with Crippen molar-refractivity contribution in [1.82, 2.24) is 4.98 Å². The number of ether oxygens (including phenoxy) is 1. The fourth-order valence-corrected chi connectivity index (χ4v) is 2.56. The smallest absolute Gasteiger partial charge is 0.329 e. The minimum absolute atomic E-state index is 0.0194. The van der Waals surface area contributed by atoms with Crippen molar-refractivity contribution in [2.24, 2.45) is 0 Å². The van der Waals surface area contributed by atoms with E-state index >= 15 is 0 Å². The van der Waals surface area contributed by atoms with E-state index < -0.39 is 5.97 Å². The van der Waals surface area contributed by atoms with Crippen LogP contribution >= 0.6 is 0 Å². The molecule has 2 aromatic heterocycles. The number of piperidine rings is 1. The maximum Gasteiger partial charge on any atom is 0.329 e. The molecule has 0 bridgehead atoms. The Labute approximate surface area is 116 Å². The van der Waals surface area contributed by atoms with Crippen LogP contribution in [0.1, 0.15) is 12.8 Å². The Morgan fingerprint density at radius 1 is 1.45 bits per heavy atom. The third-order valence-corrected chi connectivity index (χ3v) is 3.54. The topological polar surface area (TPSA) is 75.8 Å². The first-order chi connectivity index (χ1) is 9.74. The van der Waals surface area contributed by atoms with E-state index in [0.717, 1.165) is 42.7 Å². The van der Waals surface area contributed by atoms with E-state index in [0.29, 0.717) is 0 Å². The molecule has 0 saturated carbocycles. The van der Waals surface area contributed by atoms with Crippen molar-refractivity contribution in [3.8, 4) is 0 Å². The lowest BCUT2D eigenvalue weighted by molar-refractivity contribution is -0.144. The molecule has 0 unspecified atom stereocenters. The van der Waals surface area contributed by atoms with Crippen molar-refractivity contribution in [3.63, 3.8) is 0 Å². The van der Waals surface area contributed by atoms with Gasteiger partial charge in [-0.25, -0.2) is 9.78 Å². The minimum Gasteiger partial charge on any atom is -0.480 e. The maximum atomic E-state index is 10.5. The molecule has 0 aromatic carbocycles. The Hall–Kier alpha value is -2.08. The monoisotopic (exact) mass is 276 g/mol. The predicted octanol–water partition coefficient (Wildman–Crippen LogP) is 1.90. The first-order valence-electron chi connectivity index (χ1n) is 6.64. The van der Waals surface area contributed by atoms with Crippen LogP contribution in [-0.4, -0.2) is 41.9 Å². The highest BCUT2D eigenvalue weighted by Gasteiger charge is 2.22. The number of hydrogen-bond acceptors (Lipinski definition) is 5. The van der Waals surface area contributed by atoms with Gasteiger partial charge >= 0.3 is 5.97 Å². The molecule has 1 saturated heterocycles. The summed E-state index contributed by atoms with van der Waals surface area (Å²) in [5, 5.41) is 9.62. The number of rotatable bonds is 4. The van der Waals surface area contributed by atoms with Gasteiger partial charge in [0.2, 0.25) is 0 Å². The second kappa shape index (κ2) is 5.50. The Morgan fingerprint density at radius 3 is 3.00 bits per heavy atom. The first-order valence-corrected chi connectivity index (χ1v) is 6.64. The molecule has 1 aliphatic rings. The molecule has 3 heterocycles. The number of anilines is 1. The number of fused-ring (bicyclic) bond motifs is 1. The zero-order valence-corrected chi connectivity index (χ0v) is 11.0. The Morgan fingerprint density at radius 2 is 2.25 bits per heavy atom. The Bertz CT molecular complexity index is 602. The quantitative estimate of drug-likeness (QED) is 0.919. The lowest BCUT2D eigenvalue weighted by Gasteiger charge is -2.32. The van der Waals surface area contributed by atoms with Gasteiger partial charge in [-0.05, 0) is 25.0 Å². The van der Waals surface area contributed by atoms with Gasteiger partial charge in [-0.2, -0.15) is 0 Å². The summed E-state index contributed by atoms with van der Waals surface area (Å²) in [4.78, 5) is 17.1. The number of nitrogens with zero attached hydrogens (tertiary/aromatic N) is 2. The molecule has 6 heteroatoms. The molecule has 20 heavy (non-hydrogen) atoms. The molecule has 1 N–H and O–H groups in total. The molecule has 106 valence electrons. The molecular formula is C14H16N2O4. The summed E-state index contributed by atoms with van der Waals surface area (Å²) in [7, 11) is 0. The van der Waals surface area contributed by atoms with Gasteiger partial charge in [0.15, 0.2) is 0 Å². The van der Waals surface area contributed by atoms with Crippen molar-refractivity contribution in [2.45, 2.75) is 18.9 Å². The van der Waals surface area contributed by atoms with Gasteiger partial charge in [-0.15, -0.1) is 0 Å². The number of aliphatic carboxylic acids is 1. The Kier molecular flexibility index (Phi) is 3.56. The van der Waals surface area contributed by atoms with Crippen molar-refractivity contribution < 1.29 is 19.1 Å². The molecule has 1 fully saturated rings. The van der Waals surface area contributed by atoms with Gasteiger partial charge in [0.25, 0.3) is 0 Å². The van der Waals surface area contributed by atoms with Gasteiger partial charge in [0.1, 0.15) is 18.0 Å². The number of carboxylic acid groups (broad SMARTS) is 1. The summed E-state index contributed by atoms with van der Waals surface area (Å²) in [6.45, 7) is 1.39. The fourth-order valence-electron chi connectivity index (χ4n) is 2.56. The highest BCUT2D eigenvalue weighted by molar-refractivity contribution is 5.88. The van der Waals surface area contributed by atoms with Crippen LogP contribution in [0, 0.1) is 0 Å². The SMILES string of the molecule is O=C(O)COC1CCN(c2nccc3occc23)CC1. The molecule has 0 spiro atoms. The summed E-state index contributed by atoms with van der Waals surface area (Å²) in [6, 6.07) is 3.77. The van der Waals surface area contributed by atoms with Crippen molar-refractivity contribution in [1.29, 1.82) is 0 Å². The number of pyridine rings is 1. The average Bonchev–Trinajstić information content (AvgIpc) is 2.94. The summed E-state index contributed by atoms with van der Waals surface area (Å²) >= 11 is 0. The van der Waals surface area contributed by atoms with Crippen LogP contribution in [0.25, 0.3) is 11.0 Å². The van der Waals surface area contributed by atoms with Crippen LogP contribution in [0.4, 0.5) is 5.82 Å². The van der Waals surface area contributed by atoms with E-state index in [1.807, 2.05) is 12.1 Å². The van der Waals surface area contributed by atoms with E-state index in [-0.39, 0.29) is 12.7 Å². The molecule has 3 rings (SSSR count). The molecule has 1 aliphatic heterocycles. The van der Waals surface area contributed by atoms with E-state index in [1.165, 1.54) is 0 Å². The maximum absolute atomic E-state index is 10.5. The Balaban J connectivity index is 1.66. The van der Waals surface area contributed by atoms with Crippen LogP contribution in [0.3, 0.4) is 0 Å². The third-order valence-electron chi connectivity index (χ3n) is 3.54. The van der Waals surface area contributed by atoms with Crippen molar-refractivity contribution in [2.75, 3.05) is 24.6 Å². The zero-order valence-electron chi connectivity index (χ0n) is 11.0. The second-order valence-electron chi connectivity index (χ2n) is 4.86. The predicted molar refractivity (Wildman–Crippen MR) is 72.8 cm³/mol. The summed E-state index contributed by atoms with van der Waals surface area (Å²) < 4.78 is 10.7. The molecule has 0 radical (unpaired) electrons. The summed E-state index contributed by atoms with van der Waals surface area (Å²) in [5.41, 5.74) is 0.833. The van der Waals surface area contributed by atoms with E-state index in [4.69, 9.17) is 14.3 Å². The van der Waals surface area contributed by atoms with Gasteiger partial charge in [-0.1, -0.05) is 0 Å². The zero-order chi connectivity index (χ0) is 13.9. The van der Waals surface area contributed by atoms with Gasteiger partial charge in [0, 0.05) is 19.3 Å².